The zero-order valence-electron chi connectivity index (χ0n) is 16.2. The lowest BCUT2D eigenvalue weighted by atomic mass is 9.75. The second-order valence-electron chi connectivity index (χ2n) is 7.43. The standard InChI is InChI=1S/C21H27N3O3.ClH/c1-23(2)14-17-15-24(20(26)22-18-8-4-3-5-9-18)12-11-21(17,27)16-7-6-10-19(25)13-16;/h3-10,13,17,25,27H,11-12,14-15H2,1-2H3,(H,22,26);1H. The van der Waals surface area contributed by atoms with Crippen molar-refractivity contribution < 1.29 is 15.0 Å². The van der Waals surface area contributed by atoms with Gasteiger partial charge in [0, 0.05) is 31.2 Å². The number of phenolic OH excluding ortho intramolecular Hbond substituents is 1. The maximum atomic E-state index is 12.7. The van der Waals surface area contributed by atoms with E-state index in [-0.39, 0.29) is 30.1 Å². The lowest BCUT2D eigenvalue weighted by molar-refractivity contribution is -0.0750. The number of anilines is 1. The van der Waals surface area contributed by atoms with Crippen LogP contribution < -0.4 is 5.32 Å². The highest BCUT2D eigenvalue weighted by Gasteiger charge is 2.44. The van der Waals surface area contributed by atoms with Gasteiger partial charge in [-0.3, -0.25) is 0 Å². The summed E-state index contributed by atoms with van der Waals surface area (Å²) in [5, 5.41) is 24.2. The third kappa shape index (κ3) is 4.95. The molecule has 0 saturated carbocycles. The molecule has 2 atom stereocenters. The Kier molecular flexibility index (Phi) is 7.29. The van der Waals surface area contributed by atoms with Crippen molar-refractivity contribution >= 4 is 24.1 Å². The summed E-state index contributed by atoms with van der Waals surface area (Å²) in [4.78, 5) is 16.4. The molecule has 2 aromatic carbocycles. The van der Waals surface area contributed by atoms with Gasteiger partial charge in [-0.25, -0.2) is 4.79 Å². The second kappa shape index (κ2) is 9.28. The quantitative estimate of drug-likeness (QED) is 0.730. The van der Waals surface area contributed by atoms with Gasteiger partial charge in [0.25, 0.3) is 0 Å². The maximum absolute atomic E-state index is 12.7. The number of para-hydroxylation sites is 1. The number of carbonyl (C=O) groups excluding carboxylic acids is 1. The number of carbonyl (C=O) groups is 1. The van der Waals surface area contributed by atoms with Gasteiger partial charge in [0.05, 0.1) is 5.60 Å². The Morgan fingerprint density at radius 1 is 1.21 bits per heavy atom. The van der Waals surface area contributed by atoms with Crippen LogP contribution in [0.3, 0.4) is 0 Å². The highest BCUT2D eigenvalue weighted by atomic mass is 35.5. The van der Waals surface area contributed by atoms with Crippen LogP contribution >= 0.6 is 12.4 Å². The molecule has 1 saturated heterocycles. The molecule has 0 bridgehead atoms. The van der Waals surface area contributed by atoms with E-state index in [0.29, 0.717) is 31.6 Å². The number of urea groups is 1. The van der Waals surface area contributed by atoms with Crippen LogP contribution in [0.25, 0.3) is 0 Å². The SMILES string of the molecule is CN(C)CC1CN(C(=O)Nc2ccccc2)CCC1(O)c1cccc(O)c1.Cl. The average Bonchev–Trinajstić information content (AvgIpc) is 2.64. The minimum Gasteiger partial charge on any atom is -0.508 e. The number of rotatable bonds is 4. The van der Waals surface area contributed by atoms with E-state index in [1.54, 1.807) is 23.1 Å². The van der Waals surface area contributed by atoms with Gasteiger partial charge in [0.1, 0.15) is 5.75 Å². The Hall–Kier alpha value is -2.28. The number of benzene rings is 2. The van der Waals surface area contributed by atoms with Gasteiger partial charge in [0.15, 0.2) is 0 Å². The van der Waals surface area contributed by atoms with Crippen molar-refractivity contribution in [1.82, 2.24) is 9.80 Å². The van der Waals surface area contributed by atoms with Crippen molar-refractivity contribution in [2.75, 3.05) is 39.0 Å². The molecule has 1 heterocycles. The summed E-state index contributed by atoms with van der Waals surface area (Å²) in [5.74, 6) is -0.0432. The van der Waals surface area contributed by atoms with E-state index in [1.807, 2.05) is 55.4 Å². The summed E-state index contributed by atoms with van der Waals surface area (Å²) >= 11 is 0. The van der Waals surface area contributed by atoms with Gasteiger partial charge in [-0.05, 0) is 50.3 Å². The molecule has 0 aliphatic carbocycles. The molecule has 3 N–H and O–H groups in total. The third-order valence-electron chi connectivity index (χ3n) is 5.12. The van der Waals surface area contributed by atoms with Crippen molar-refractivity contribution in [1.29, 1.82) is 0 Å². The molecular weight excluding hydrogens is 378 g/mol. The fraction of sp³-hybridized carbons (Fsp3) is 0.381. The first kappa shape index (κ1) is 22.0. The predicted octanol–water partition coefficient (Wildman–Crippen LogP) is 3.12. The Morgan fingerprint density at radius 3 is 2.57 bits per heavy atom. The molecule has 0 radical (unpaired) electrons. The van der Waals surface area contributed by atoms with E-state index in [4.69, 9.17) is 0 Å². The zero-order valence-corrected chi connectivity index (χ0v) is 17.0. The average molecular weight is 406 g/mol. The minimum atomic E-state index is -1.09. The van der Waals surface area contributed by atoms with Crippen LogP contribution in [0.15, 0.2) is 54.6 Å². The van der Waals surface area contributed by atoms with Crippen LogP contribution in [0.2, 0.25) is 0 Å². The summed E-state index contributed by atoms with van der Waals surface area (Å²) in [6, 6.07) is 16.0. The van der Waals surface area contributed by atoms with Crippen LogP contribution in [0.5, 0.6) is 5.75 Å². The molecule has 1 aliphatic rings. The number of halogens is 1. The molecule has 0 spiro atoms. The number of aromatic hydroxyl groups is 1. The van der Waals surface area contributed by atoms with Crippen molar-refractivity contribution in [3.63, 3.8) is 0 Å². The van der Waals surface area contributed by atoms with Crippen molar-refractivity contribution in [3.05, 3.63) is 60.2 Å². The van der Waals surface area contributed by atoms with Gasteiger partial charge in [0.2, 0.25) is 0 Å². The molecule has 1 aliphatic heterocycles. The molecule has 3 rings (SSSR count). The number of hydrogen-bond acceptors (Lipinski definition) is 4. The van der Waals surface area contributed by atoms with Crippen LogP contribution in [0, 0.1) is 5.92 Å². The van der Waals surface area contributed by atoms with E-state index in [9.17, 15) is 15.0 Å². The highest BCUT2D eigenvalue weighted by molar-refractivity contribution is 5.89. The Labute approximate surface area is 172 Å². The van der Waals surface area contributed by atoms with E-state index >= 15 is 0 Å². The molecule has 6 nitrogen and oxygen atoms in total. The van der Waals surface area contributed by atoms with Crippen molar-refractivity contribution in [2.45, 2.75) is 12.0 Å². The van der Waals surface area contributed by atoms with Crippen LogP contribution in [0.1, 0.15) is 12.0 Å². The molecule has 2 amide bonds. The number of aliphatic hydroxyl groups is 1. The van der Waals surface area contributed by atoms with Crippen LogP contribution in [-0.2, 0) is 5.60 Å². The summed E-state index contributed by atoms with van der Waals surface area (Å²) in [7, 11) is 3.90. The van der Waals surface area contributed by atoms with Crippen LogP contribution in [-0.4, -0.2) is 59.8 Å². The molecule has 2 unspecified atom stereocenters. The van der Waals surface area contributed by atoms with Crippen molar-refractivity contribution in [3.8, 4) is 5.75 Å². The molecule has 0 aromatic heterocycles. The molecule has 7 heteroatoms. The smallest absolute Gasteiger partial charge is 0.321 e. The summed E-state index contributed by atoms with van der Waals surface area (Å²) in [6.45, 7) is 1.50. The van der Waals surface area contributed by atoms with Crippen molar-refractivity contribution in [2.24, 2.45) is 5.92 Å². The third-order valence-corrected chi connectivity index (χ3v) is 5.12. The molecule has 2 aromatic rings. The Morgan fingerprint density at radius 2 is 1.93 bits per heavy atom. The zero-order chi connectivity index (χ0) is 19.4. The largest absolute Gasteiger partial charge is 0.508 e. The first-order chi connectivity index (χ1) is 12.9. The van der Waals surface area contributed by atoms with E-state index in [0.717, 1.165) is 5.69 Å². The Balaban J connectivity index is 0.00000280. The summed E-state index contributed by atoms with van der Waals surface area (Å²) < 4.78 is 0. The number of amides is 2. The number of nitrogens with zero attached hydrogens (tertiary/aromatic N) is 2. The molecule has 28 heavy (non-hydrogen) atoms. The number of phenols is 1. The number of likely N-dealkylation sites (tertiary alicyclic amines) is 1. The number of hydrogen-bond donors (Lipinski definition) is 3. The molecular formula is C21H28ClN3O3. The topological polar surface area (TPSA) is 76.0 Å². The Bertz CT molecular complexity index is 787. The van der Waals surface area contributed by atoms with Gasteiger partial charge in [-0.1, -0.05) is 30.3 Å². The number of piperidine rings is 1. The summed E-state index contributed by atoms with van der Waals surface area (Å²) in [5.41, 5.74) is 0.352. The van der Waals surface area contributed by atoms with Gasteiger partial charge in [-0.2, -0.15) is 0 Å². The number of nitrogens with one attached hydrogen (secondary N) is 1. The van der Waals surface area contributed by atoms with Gasteiger partial charge >= 0.3 is 6.03 Å². The van der Waals surface area contributed by atoms with Crippen LogP contribution in [0.4, 0.5) is 10.5 Å². The van der Waals surface area contributed by atoms with E-state index in [1.165, 1.54) is 0 Å². The molecule has 1 fully saturated rings. The fourth-order valence-corrected chi connectivity index (χ4v) is 3.73. The lowest BCUT2D eigenvalue weighted by Crippen LogP contribution is -2.55. The highest BCUT2D eigenvalue weighted by Crippen LogP contribution is 2.39. The minimum absolute atomic E-state index is 0. The maximum Gasteiger partial charge on any atom is 0.321 e. The van der Waals surface area contributed by atoms with E-state index < -0.39 is 5.60 Å². The summed E-state index contributed by atoms with van der Waals surface area (Å²) in [6.07, 6.45) is 0.414. The normalized spacial score (nSPS) is 21.9. The fourth-order valence-electron chi connectivity index (χ4n) is 3.73. The van der Waals surface area contributed by atoms with Gasteiger partial charge < -0.3 is 25.3 Å². The monoisotopic (exact) mass is 405 g/mol. The lowest BCUT2D eigenvalue weighted by Gasteiger charge is -2.45. The second-order valence-corrected chi connectivity index (χ2v) is 7.43. The first-order valence-corrected chi connectivity index (χ1v) is 9.16. The molecule has 152 valence electrons. The van der Waals surface area contributed by atoms with Gasteiger partial charge in [-0.15, -0.1) is 12.4 Å². The van der Waals surface area contributed by atoms with E-state index in [2.05, 4.69) is 5.32 Å². The first-order valence-electron chi connectivity index (χ1n) is 9.16. The predicted molar refractivity (Wildman–Crippen MR) is 113 cm³/mol.